The molecule has 0 saturated heterocycles. The zero-order valence-corrected chi connectivity index (χ0v) is 21.0. The van der Waals surface area contributed by atoms with Gasteiger partial charge in [0.15, 0.2) is 21.8 Å². The fraction of sp³-hybridized carbons (Fsp3) is 0.200. The molecule has 3 aromatic carbocycles. The normalized spacial score (nSPS) is 11.3. The summed E-state index contributed by atoms with van der Waals surface area (Å²) in [5.41, 5.74) is 2.31. The summed E-state index contributed by atoms with van der Waals surface area (Å²) in [5.74, 6) is 6.18. The summed E-state index contributed by atoms with van der Waals surface area (Å²) in [6.45, 7) is 7.28. The van der Waals surface area contributed by atoms with E-state index in [1.165, 1.54) is 15.0 Å². The van der Waals surface area contributed by atoms with E-state index in [1.807, 2.05) is 13.8 Å². The monoisotopic (exact) mass is 480 g/mol. The third kappa shape index (κ3) is 5.72. The molecule has 0 aliphatic carbocycles. The average Bonchev–Trinajstić information content (AvgIpc) is 3.26. The van der Waals surface area contributed by atoms with Crippen LogP contribution >= 0.6 is 10.5 Å². The molecule has 0 aliphatic rings. The molecule has 4 rings (SSSR count). The highest BCUT2D eigenvalue weighted by Gasteiger charge is 2.22. The first-order chi connectivity index (χ1) is 16.8. The Morgan fingerprint density at radius 2 is 1.63 bits per heavy atom. The molecule has 0 saturated carbocycles. The number of fused-ring (bicyclic) bond motifs is 1. The molecular formula is C30H26NO3S+. The summed E-state index contributed by atoms with van der Waals surface area (Å²) < 4.78 is 12.8. The number of nitriles is 1. The number of thiophene rings is 1. The Morgan fingerprint density at radius 1 is 0.971 bits per heavy atom. The topological polar surface area (TPSA) is 59.3 Å². The number of rotatable bonds is 5. The Labute approximate surface area is 208 Å². The number of esters is 1. The van der Waals surface area contributed by atoms with Gasteiger partial charge in [0.1, 0.15) is 11.1 Å². The second-order valence-electron chi connectivity index (χ2n) is 8.78. The molecule has 0 bridgehead atoms. The van der Waals surface area contributed by atoms with Crippen molar-refractivity contribution in [3.8, 4) is 28.6 Å². The van der Waals surface area contributed by atoms with Crippen molar-refractivity contribution in [1.82, 2.24) is 0 Å². The van der Waals surface area contributed by atoms with Crippen LogP contribution in [0.25, 0.3) is 15.0 Å². The third-order valence-corrected chi connectivity index (χ3v) is 7.45. The lowest BCUT2D eigenvalue weighted by atomic mass is 10.1. The van der Waals surface area contributed by atoms with Gasteiger partial charge in [-0.15, -0.1) is 0 Å². The minimum atomic E-state index is -0.981. The fourth-order valence-corrected chi connectivity index (χ4v) is 5.89. The van der Waals surface area contributed by atoms with Crippen molar-refractivity contribution in [3.05, 3.63) is 94.4 Å². The number of carbonyl (C=O) groups is 1. The molecule has 1 atom stereocenters. The molecule has 4 nitrogen and oxygen atoms in total. The number of ether oxygens (including phenoxy) is 2. The van der Waals surface area contributed by atoms with E-state index in [0.717, 1.165) is 16.7 Å². The summed E-state index contributed by atoms with van der Waals surface area (Å²) in [5, 5.41) is 12.4. The van der Waals surface area contributed by atoms with Crippen molar-refractivity contribution < 1.29 is 14.3 Å². The van der Waals surface area contributed by atoms with Gasteiger partial charge < -0.3 is 9.47 Å². The summed E-state index contributed by atoms with van der Waals surface area (Å²) in [4.78, 5) is 13.7. The number of nitrogens with zero attached hydrogens (tertiary/aromatic N) is 1. The van der Waals surface area contributed by atoms with Crippen LogP contribution < -0.4 is 4.74 Å². The van der Waals surface area contributed by atoms with E-state index in [2.05, 4.69) is 65.8 Å². The minimum Gasteiger partial charge on any atom is -0.481 e. The van der Waals surface area contributed by atoms with Crippen LogP contribution in [-0.4, -0.2) is 18.2 Å². The maximum Gasteiger partial charge on any atom is 0.345 e. The van der Waals surface area contributed by atoms with E-state index in [4.69, 9.17) is 14.7 Å². The van der Waals surface area contributed by atoms with Crippen LogP contribution in [0.5, 0.6) is 5.75 Å². The molecular weight excluding hydrogens is 454 g/mol. The van der Waals surface area contributed by atoms with Crippen molar-refractivity contribution >= 4 is 26.5 Å². The highest BCUT2D eigenvalue weighted by Crippen LogP contribution is 2.42. The highest BCUT2D eigenvalue weighted by atomic mass is 32.2. The van der Waals surface area contributed by atoms with Gasteiger partial charge in [0, 0.05) is 39.6 Å². The quantitative estimate of drug-likeness (QED) is 0.179. The van der Waals surface area contributed by atoms with Gasteiger partial charge in [0.2, 0.25) is 0 Å². The molecule has 0 fully saturated rings. The first kappa shape index (κ1) is 24.1. The molecule has 1 heterocycles. The number of hydrogen-bond donors (Lipinski definition) is 0. The van der Waals surface area contributed by atoms with Crippen LogP contribution in [0.1, 0.15) is 36.1 Å². The predicted molar refractivity (Wildman–Crippen MR) is 141 cm³/mol. The van der Waals surface area contributed by atoms with E-state index in [1.54, 1.807) is 38.1 Å². The first-order valence-electron chi connectivity index (χ1n) is 11.3. The van der Waals surface area contributed by atoms with Gasteiger partial charge in [-0.05, 0) is 75.2 Å². The largest absolute Gasteiger partial charge is 0.481 e. The SMILES string of the molecule is Cc1cc(-[s+]2ccc3ccccc32)cc(C)c1OCC(=O)OC(C)(C)C#Cc1ccc(C#N)cc1. The van der Waals surface area contributed by atoms with E-state index < -0.39 is 11.6 Å². The molecule has 0 spiro atoms. The van der Waals surface area contributed by atoms with Gasteiger partial charge in [0.25, 0.3) is 0 Å². The summed E-state index contributed by atoms with van der Waals surface area (Å²) in [6.07, 6.45) is 0. The maximum absolute atomic E-state index is 12.5. The van der Waals surface area contributed by atoms with Crippen LogP contribution in [-0.2, 0) is 9.53 Å². The summed E-state index contributed by atoms with van der Waals surface area (Å²) in [7, 11) is -0.0997. The predicted octanol–water partition coefficient (Wildman–Crippen LogP) is 6.82. The lowest BCUT2D eigenvalue weighted by Gasteiger charge is -2.19. The first-order valence-corrected chi connectivity index (χ1v) is 12.5. The molecule has 1 aromatic heterocycles. The number of carbonyl (C=O) groups excluding carboxylic acids is 1. The van der Waals surface area contributed by atoms with Crippen LogP contribution in [0.15, 0.2) is 72.1 Å². The smallest absolute Gasteiger partial charge is 0.345 e. The minimum absolute atomic E-state index is 0.0997. The Morgan fingerprint density at radius 3 is 2.31 bits per heavy atom. The van der Waals surface area contributed by atoms with Gasteiger partial charge in [0.05, 0.1) is 11.6 Å². The molecule has 0 radical (unpaired) electrons. The van der Waals surface area contributed by atoms with E-state index in [-0.39, 0.29) is 17.1 Å². The molecule has 0 amide bonds. The third-order valence-electron chi connectivity index (χ3n) is 5.45. The fourth-order valence-electron chi connectivity index (χ4n) is 3.83. The summed E-state index contributed by atoms with van der Waals surface area (Å²) >= 11 is 0. The van der Waals surface area contributed by atoms with Crippen LogP contribution in [0.3, 0.4) is 0 Å². The van der Waals surface area contributed by atoms with Gasteiger partial charge >= 0.3 is 5.97 Å². The second kappa shape index (κ2) is 10.1. The van der Waals surface area contributed by atoms with E-state index in [9.17, 15) is 4.79 Å². The lowest BCUT2D eigenvalue weighted by Crippen LogP contribution is -2.29. The summed E-state index contributed by atoms with van der Waals surface area (Å²) in [6, 6.07) is 23.9. The van der Waals surface area contributed by atoms with Gasteiger partial charge in [-0.25, -0.2) is 4.79 Å². The van der Waals surface area contributed by atoms with E-state index in [0.29, 0.717) is 11.3 Å². The van der Waals surface area contributed by atoms with Crippen LogP contribution in [0, 0.1) is 37.0 Å². The number of hydrogen-bond acceptors (Lipinski definition) is 4. The Bertz CT molecular complexity index is 1470. The lowest BCUT2D eigenvalue weighted by molar-refractivity contribution is -0.154. The molecule has 1 unspecified atom stereocenters. The van der Waals surface area contributed by atoms with Crippen LogP contribution in [0.2, 0.25) is 0 Å². The number of aryl methyl sites for hydroxylation is 2. The van der Waals surface area contributed by atoms with Crippen molar-refractivity contribution in [3.63, 3.8) is 0 Å². The molecule has 174 valence electrons. The van der Waals surface area contributed by atoms with Crippen molar-refractivity contribution in [2.24, 2.45) is 0 Å². The Hall–Kier alpha value is -4.06. The maximum atomic E-state index is 12.5. The van der Waals surface area contributed by atoms with Gasteiger partial charge in [-0.3, -0.25) is 0 Å². The second-order valence-corrected chi connectivity index (χ2v) is 10.6. The number of benzene rings is 3. The van der Waals surface area contributed by atoms with Gasteiger partial charge in [-0.2, -0.15) is 5.26 Å². The van der Waals surface area contributed by atoms with Gasteiger partial charge in [-0.1, -0.05) is 24.0 Å². The average molecular weight is 481 g/mol. The van der Waals surface area contributed by atoms with Crippen molar-refractivity contribution in [1.29, 1.82) is 5.26 Å². The molecule has 0 aliphatic heterocycles. The molecule has 4 aromatic rings. The van der Waals surface area contributed by atoms with Crippen molar-refractivity contribution in [2.45, 2.75) is 33.3 Å². The molecule has 5 heteroatoms. The standard InChI is InChI=1S/C30H26NO3S/c1-21-17-26(35-16-14-25-7-5-6-8-27(25)35)18-22(2)29(21)33-20-28(32)34-30(3,4)15-13-23-9-11-24(19-31)12-10-23/h5-12,14,16-18H,20H2,1-4H3/q+1. The molecule has 35 heavy (non-hydrogen) atoms. The Balaban J connectivity index is 1.42. The van der Waals surface area contributed by atoms with Crippen molar-refractivity contribution in [2.75, 3.05) is 6.61 Å². The zero-order chi connectivity index (χ0) is 25.0. The van der Waals surface area contributed by atoms with E-state index >= 15 is 0 Å². The molecule has 0 N–H and O–H groups in total. The highest BCUT2D eigenvalue weighted by molar-refractivity contribution is 7.43. The van der Waals surface area contributed by atoms with Crippen LogP contribution in [0.4, 0.5) is 0 Å². The Kier molecular flexibility index (Phi) is 6.92. The zero-order valence-electron chi connectivity index (χ0n) is 20.2.